The summed E-state index contributed by atoms with van der Waals surface area (Å²) in [5.74, 6) is -3.37. The van der Waals surface area contributed by atoms with E-state index >= 15 is 0 Å². The first-order valence-electron chi connectivity index (χ1n) is 14.7. The molecule has 5 fully saturated rings. The molecule has 40 heavy (non-hydrogen) atoms. The quantitative estimate of drug-likeness (QED) is 0.417. The lowest BCUT2D eigenvalue weighted by molar-refractivity contribution is -0.168. The highest BCUT2D eigenvalue weighted by atomic mass is 19.3. The lowest BCUT2D eigenvalue weighted by atomic mass is 9.71. The molecule has 0 bridgehead atoms. The molecule has 6 aliphatic rings. The van der Waals surface area contributed by atoms with Crippen LogP contribution in [0.3, 0.4) is 0 Å². The average molecular weight is 562 g/mol. The third kappa shape index (κ3) is 4.20. The molecular formula is C28H35F4N7O. The molecule has 4 N–H and O–H groups in total. The predicted molar refractivity (Wildman–Crippen MR) is 137 cm³/mol. The molecule has 8 rings (SSSR count). The summed E-state index contributed by atoms with van der Waals surface area (Å²) in [5.41, 5.74) is 2.04. The number of alkyl halides is 4. The van der Waals surface area contributed by atoms with Crippen molar-refractivity contribution >= 4 is 0 Å². The highest BCUT2D eigenvalue weighted by molar-refractivity contribution is 5.25. The Bertz CT molecular complexity index is 1290. The Morgan fingerprint density at radius 1 is 0.825 bits per heavy atom. The summed E-state index contributed by atoms with van der Waals surface area (Å²) in [6.45, 7) is -0.610. The van der Waals surface area contributed by atoms with Gasteiger partial charge in [-0.1, -0.05) is 6.08 Å². The second kappa shape index (κ2) is 9.03. The average Bonchev–Trinajstić information content (AvgIpc) is 3.74. The number of H-pyrrole nitrogens is 2. The molecule has 3 saturated heterocycles. The van der Waals surface area contributed by atoms with Crippen molar-refractivity contribution in [3.05, 3.63) is 47.7 Å². The van der Waals surface area contributed by atoms with Crippen molar-refractivity contribution in [1.29, 1.82) is 0 Å². The second-order valence-electron chi connectivity index (χ2n) is 12.8. The molecule has 9 atom stereocenters. The van der Waals surface area contributed by atoms with Gasteiger partial charge in [-0.05, 0) is 38.3 Å². The van der Waals surface area contributed by atoms with E-state index in [9.17, 15) is 17.6 Å². The van der Waals surface area contributed by atoms with Gasteiger partial charge in [0.15, 0.2) is 0 Å². The Labute approximate surface area is 229 Å². The van der Waals surface area contributed by atoms with E-state index < -0.39 is 23.9 Å². The van der Waals surface area contributed by atoms with Gasteiger partial charge in [0.05, 0.1) is 49.5 Å². The van der Waals surface area contributed by atoms with Gasteiger partial charge in [0.1, 0.15) is 11.6 Å². The maximum atomic E-state index is 13.7. The number of nitrogens with one attached hydrogen (secondary N) is 4. The molecule has 7 unspecified atom stereocenters. The first kappa shape index (κ1) is 25.3. The molecular weight excluding hydrogens is 526 g/mol. The summed E-state index contributed by atoms with van der Waals surface area (Å²) in [7, 11) is 0. The third-order valence-electron chi connectivity index (χ3n) is 10.3. The summed E-state index contributed by atoms with van der Waals surface area (Å²) in [5, 5.41) is 5.78. The largest absolute Gasteiger partial charge is 0.371 e. The summed E-state index contributed by atoms with van der Waals surface area (Å²) in [6, 6.07) is -0.302. The van der Waals surface area contributed by atoms with Gasteiger partial charge in [0, 0.05) is 54.4 Å². The number of aromatic amines is 2. The first-order valence-corrected chi connectivity index (χ1v) is 14.7. The number of morpholine rings is 1. The van der Waals surface area contributed by atoms with Crippen molar-refractivity contribution in [3.63, 3.8) is 0 Å². The van der Waals surface area contributed by atoms with Gasteiger partial charge in [-0.2, -0.15) is 0 Å². The van der Waals surface area contributed by atoms with E-state index in [4.69, 9.17) is 4.74 Å². The Morgan fingerprint density at radius 3 is 2.17 bits per heavy atom. The molecule has 4 aliphatic heterocycles. The normalized spacial score (nSPS) is 41.3. The third-order valence-corrected chi connectivity index (χ3v) is 10.3. The Hall–Kier alpha value is -2.44. The number of imidazole rings is 2. The molecule has 2 aliphatic carbocycles. The van der Waals surface area contributed by atoms with Crippen LogP contribution < -0.4 is 10.6 Å². The molecule has 0 spiro atoms. The van der Waals surface area contributed by atoms with Gasteiger partial charge in [0.2, 0.25) is 0 Å². The van der Waals surface area contributed by atoms with Crippen molar-refractivity contribution in [3.8, 4) is 0 Å². The van der Waals surface area contributed by atoms with Crippen LogP contribution in [0.5, 0.6) is 0 Å². The summed E-state index contributed by atoms with van der Waals surface area (Å²) >= 11 is 0. The zero-order valence-electron chi connectivity index (χ0n) is 22.1. The molecule has 0 radical (unpaired) electrons. The summed E-state index contributed by atoms with van der Waals surface area (Å²) in [6.07, 6.45) is 12.8. The van der Waals surface area contributed by atoms with Crippen LogP contribution in [-0.2, 0) is 4.74 Å². The highest BCUT2D eigenvalue weighted by Gasteiger charge is 2.53. The fraction of sp³-hybridized carbons (Fsp3) is 0.714. The molecule has 2 saturated carbocycles. The van der Waals surface area contributed by atoms with E-state index in [2.05, 4.69) is 47.7 Å². The van der Waals surface area contributed by atoms with Crippen LogP contribution in [0.25, 0.3) is 0 Å². The number of hydrogen-bond donors (Lipinski definition) is 4. The van der Waals surface area contributed by atoms with E-state index in [0.717, 1.165) is 43.5 Å². The minimum Gasteiger partial charge on any atom is -0.371 e. The fourth-order valence-electron chi connectivity index (χ4n) is 8.35. The standard InChI is InChI=1S/C28H35F4N7O/c29-27(30)8-17(35-12-27)25-33-10-19(37-25)14-1-3-21-23(7-14)40-22-4-2-15(16-5-6-39(21)24(16)22)20-11-34-26(38-20)18-9-28(31,32)13-36-18/h5-6,10-11,14-18,21-24,35-36H,1-4,7-9,12-13H2,(H,33,37)(H,34,38)/t14?,15?,16?,17-,18-,21?,22?,23?,24?/m0/s1. The van der Waals surface area contributed by atoms with Crippen LogP contribution in [0.2, 0.25) is 0 Å². The molecule has 8 nitrogen and oxygen atoms in total. The number of nitrogens with zero attached hydrogens (tertiary/aromatic N) is 3. The monoisotopic (exact) mass is 561 g/mol. The Morgan fingerprint density at radius 2 is 1.50 bits per heavy atom. The molecule has 2 aromatic rings. The van der Waals surface area contributed by atoms with Crippen LogP contribution in [-0.4, -0.2) is 74.1 Å². The van der Waals surface area contributed by atoms with Crippen molar-refractivity contribution in [2.24, 2.45) is 5.92 Å². The molecule has 12 heteroatoms. The zero-order chi connectivity index (χ0) is 27.2. The van der Waals surface area contributed by atoms with E-state index in [0.29, 0.717) is 17.7 Å². The van der Waals surface area contributed by atoms with E-state index in [1.54, 1.807) is 0 Å². The minimum atomic E-state index is -2.69. The number of hydrogen-bond acceptors (Lipinski definition) is 6. The lowest BCUT2D eigenvalue weighted by Crippen LogP contribution is -2.62. The SMILES string of the molecule is FC1(F)CN[C@H](c2ncc(C3CCC4C(C3)OC3CCC(c5cnc([C@@H]6CC(F)(F)CN6)[nH]5)C5C=CN4C35)[nH]2)C1. The molecule has 216 valence electrons. The van der Waals surface area contributed by atoms with E-state index in [-0.39, 0.29) is 61.9 Å². The predicted octanol–water partition coefficient (Wildman–Crippen LogP) is 4.27. The maximum Gasteiger partial charge on any atom is 0.262 e. The van der Waals surface area contributed by atoms with Crippen LogP contribution in [0.15, 0.2) is 24.7 Å². The highest BCUT2D eigenvalue weighted by Crippen LogP contribution is 2.51. The van der Waals surface area contributed by atoms with Crippen LogP contribution >= 0.6 is 0 Å². The van der Waals surface area contributed by atoms with Gasteiger partial charge >= 0.3 is 0 Å². The summed E-state index contributed by atoms with van der Waals surface area (Å²) in [4.78, 5) is 18.2. The van der Waals surface area contributed by atoms with Crippen LogP contribution in [0, 0.1) is 5.92 Å². The van der Waals surface area contributed by atoms with Gasteiger partial charge in [-0.3, -0.25) is 0 Å². The van der Waals surface area contributed by atoms with Crippen LogP contribution in [0.4, 0.5) is 17.6 Å². The fourth-order valence-corrected chi connectivity index (χ4v) is 8.35. The summed E-state index contributed by atoms with van der Waals surface area (Å²) < 4.78 is 61.6. The number of rotatable bonds is 4. The lowest BCUT2D eigenvalue weighted by Gasteiger charge is -2.54. The number of aromatic nitrogens is 4. The van der Waals surface area contributed by atoms with E-state index in [1.807, 2.05) is 12.4 Å². The van der Waals surface area contributed by atoms with Crippen molar-refractivity contribution in [2.45, 2.75) is 105 Å². The maximum absolute atomic E-state index is 13.7. The van der Waals surface area contributed by atoms with Crippen molar-refractivity contribution in [2.75, 3.05) is 13.1 Å². The number of fused-ring (bicyclic) bond motifs is 2. The van der Waals surface area contributed by atoms with Gasteiger partial charge in [-0.15, -0.1) is 0 Å². The van der Waals surface area contributed by atoms with Gasteiger partial charge in [0.25, 0.3) is 11.8 Å². The van der Waals surface area contributed by atoms with Crippen molar-refractivity contribution in [1.82, 2.24) is 35.5 Å². The molecule has 0 aromatic carbocycles. The molecule has 0 amide bonds. The molecule has 2 aromatic heterocycles. The van der Waals surface area contributed by atoms with E-state index in [1.165, 1.54) is 0 Å². The van der Waals surface area contributed by atoms with Crippen LogP contribution in [0.1, 0.15) is 91.9 Å². The molecule has 6 heterocycles. The first-order chi connectivity index (χ1) is 19.2. The van der Waals surface area contributed by atoms with Gasteiger partial charge < -0.3 is 30.2 Å². The zero-order valence-corrected chi connectivity index (χ0v) is 22.1. The number of halogens is 4. The topological polar surface area (TPSA) is 93.9 Å². The van der Waals surface area contributed by atoms with Crippen molar-refractivity contribution < 1.29 is 22.3 Å². The Balaban J connectivity index is 0.945. The van der Waals surface area contributed by atoms with Gasteiger partial charge in [-0.25, -0.2) is 27.5 Å². The second-order valence-corrected chi connectivity index (χ2v) is 12.8. The number of ether oxygens (including phenoxy) is 1. The minimum absolute atomic E-state index is 0.106. The Kier molecular flexibility index (Phi) is 5.71. The smallest absolute Gasteiger partial charge is 0.262 e.